The van der Waals surface area contributed by atoms with Crippen molar-refractivity contribution in [3.05, 3.63) is 29.8 Å². The molecule has 1 aromatic rings. The number of hydrogen-bond acceptors (Lipinski definition) is 7. The van der Waals surface area contributed by atoms with E-state index < -0.39 is 29.6 Å². The van der Waals surface area contributed by atoms with E-state index in [9.17, 15) is 14.4 Å². The fraction of sp³-hybridized carbons (Fsp3) is 0.474. The smallest absolute Gasteiger partial charge is 0.323 e. The Morgan fingerprint density at radius 3 is 2.74 bits per heavy atom. The monoisotopic (exact) mass is 376 g/mol. The molecule has 8 heteroatoms. The third-order valence-electron chi connectivity index (χ3n) is 4.70. The number of carboxylic acids is 1. The van der Waals surface area contributed by atoms with Gasteiger partial charge in [0.25, 0.3) is 0 Å². The number of fused-ring (bicyclic) bond motifs is 2. The fourth-order valence-corrected chi connectivity index (χ4v) is 3.41. The molecule has 0 radical (unpaired) electrons. The van der Waals surface area contributed by atoms with Gasteiger partial charge in [0, 0.05) is 17.7 Å². The molecular weight excluding hydrogens is 352 g/mol. The van der Waals surface area contributed by atoms with E-state index in [1.807, 2.05) is 24.3 Å². The average molecular weight is 376 g/mol. The molecule has 1 spiro atoms. The summed E-state index contributed by atoms with van der Waals surface area (Å²) in [5.74, 6) is -1.91. The van der Waals surface area contributed by atoms with Crippen molar-refractivity contribution in [1.29, 1.82) is 0 Å². The van der Waals surface area contributed by atoms with E-state index in [1.54, 1.807) is 0 Å². The summed E-state index contributed by atoms with van der Waals surface area (Å²) in [5.41, 5.74) is 6.74. The molecule has 1 saturated carbocycles. The Hall–Kier alpha value is -2.74. The van der Waals surface area contributed by atoms with Crippen LogP contribution in [0.1, 0.15) is 44.6 Å². The maximum atomic E-state index is 12.8. The highest BCUT2D eigenvalue weighted by Crippen LogP contribution is 2.48. The summed E-state index contributed by atoms with van der Waals surface area (Å²) in [7, 11) is 0. The Morgan fingerprint density at radius 2 is 2.11 bits per heavy atom. The van der Waals surface area contributed by atoms with E-state index in [1.165, 1.54) is 6.92 Å². The van der Waals surface area contributed by atoms with Gasteiger partial charge in [0.15, 0.2) is 6.10 Å². The van der Waals surface area contributed by atoms with Crippen molar-refractivity contribution in [2.45, 2.75) is 56.7 Å². The van der Waals surface area contributed by atoms with Gasteiger partial charge in [-0.2, -0.15) is 0 Å². The topological polar surface area (TPSA) is 136 Å². The summed E-state index contributed by atoms with van der Waals surface area (Å²) in [6.07, 6.45) is 1.55. The van der Waals surface area contributed by atoms with Crippen molar-refractivity contribution in [3.8, 4) is 0 Å². The van der Waals surface area contributed by atoms with Crippen molar-refractivity contribution in [2.24, 2.45) is 5.73 Å². The number of carboxylic acid groups (broad SMARTS) is 1. The predicted octanol–water partition coefficient (Wildman–Crippen LogP) is 1.37. The number of aldehydes is 1. The summed E-state index contributed by atoms with van der Waals surface area (Å²) in [4.78, 5) is 44.2. The van der Waals surface area contributed by atoms with Crippen LogP contribution in [0.2, 0.25) is 0 Å². The lowest BCUT2D eigenvalue weighted by Gasteiger charge is -2.48. The molecule has 2 aliphatic rings. The molecule has 3 rings (SSSR count). The normalized spacial score (nSPS) is 23.6. The number of Topliss-reactive ketones (excluding diaryl/α,β-unsaturated/α-hetero) is 1. The highest BCUT2D eigenvalue weighted by Gasteiger charge is 2.53. The number of hydrogen-bond donors (Lipinski definition) is 3. The zero-order valence-electron chi connectivity index (χ0n) is 15.1. The van der Waals surface area contributed by atoms with E-state index in [2.05, 4.69) is 5.32 Å². The first-order chi connectivity index (χ1) is 12.9. The number of esters is 1. The highest BCUT2D eigenvalue weighted by atomic mass is 16.5. The summed E-state index contributed by atoms with van der Waals surface area (Å²) < 4.78 is 5.30. The van der Waals surface area contributed by atoms with E-state index in [0.717, 1.165) is 24.0 Å². The van der Waals surface area contributed by atoms with Gasteiger partial charge in [0.1, 0.15) is 17.9 Å². The Kier molecular flexibility index (Phi) is 6.68. The van der Waals surface area contributed by atoms with Gasteiger partial charge in [-0.05, 0) is 38.7 Å². The number of benzene rings is 1. The molecule has 8 nitrogen and oxygen atoms in total. The molecular formula is C19H24N2O6. The van der Waals surface area contributed by atoms with Crippen LogP contribution in [0, 0.1) is 0 Å². The number of rotatable bonds is 5. The van der Waals surface area contributed by atoms with Crippen LogP contribution < -0.4 is 11.1 Å². The van der Waals surface area contributed by atoms with E-state index in [4.69, 9.17) is 20.4 Å². The summed E-state index contributed by atoms with van der Waals surface area (Å²) in [6, 6.07) is 6.56. The maximum Gasteiger partial charge on any atom is 0.323 e. The Morgan fingerprint density at radius 1 is 1.44 bits per heavy atom. The van der Waals surface area contributed by atoms with Gasteiger partial charge >= 0.3 is 11.9 Å². The van der Waals surface area contributed by atoms with Crippen molar-refractivity contribution in [3.63, 3.8) is 0 Å². The lowest BCUT2D eigenvalue weighted by atomic mass is 9.69. The second-order valence-corrected chi connectivity index (χ2v) is 6.53. The Labute approximate surface area is 157 Å². The minimum absolute atomic E-state index is 0.0126. The van der Waals surface area contributed by atoms with Gasteiger partial charge in [-0.15, -0.1) is 0 Å². The number of nitrogens with two attached hydrogens (primary N) is 1. The molecule has 0 bridgehead atoms. The third-order valence-corrected chi connectivity index (χ3v) is 4.70. The summed E-state index contributed by atoms with van der Waals surface area (Å²) >= 11 is 0. The van der Waals surface area contributed by atoms with Gasteiger partial charge in [0.05, 0.1) is 0 Å². The first kappa shape index (κ1) is 20.6. The number of para-hydroxylation sites is 1. The van der Waals surface area contributed by atoms with Crippen LogP contribution in [0.3, 0.4) is 0 Å². The molecule has 3 atom stereocenters. The molecule has 4 N–H and O–H groups in total. The van der Waals surface area contributed by atoms with Crippen molar-refractivity contribution in [2.75, 3.05) is 5.32 Å². The van der Waals surface area contributed by atoms with Gasteiger partial charge in [-0.1, -0.05) is 18.2 Å². The zero-order chi connectivity index (χ0) is 20.0. The lowest BCUT2D eigenvalue weighted by molar-refractivity contribution is -0.160. The zero-order valence-corrected chi connectivity index (χ0v) is 15.1. The standard InChI is InChI=1S/C17H20N2O5.C2H4O/c18-11(7-8-14(20)21)16(23)24-13-6-3-9-17(15(13)22)10-4-1-2-5-12(10)19-17;1-2-3/h1-2,4-5,11,13,19H,3,6-9,18H2,(H,20,21);2H,1H3/t11-,13+,17+;/m0./s1. The molecule has 1 aliphatic carbocycles. The molecule has 0 unspecified atom stereocenters. The number of ketones is 1. The fourth-order valence-electron chi connectivity index (χ4n) is 3.41. The number of carbonyl (C=O) groups excluding carboxylic acids is 3. The van der Waals surface area contributed by atoms with Crippen LogP contribution in [-0.2, 0) is 29.5 Å². The van der Waals surface area contributed by atoms with Crippen molar-refractivity contribution < 1.29 is 29.0 Å². The van der Waals surface area contributed by atoms with Gasteiger partial charge in [-0.25, -0.2) is 0 Å². The first-order valence-corrected chi connectivity index (χ1v) is 8.85. The molecule has 1 heterocycles. The second-order valence-electron chi connectivity index (χ2n) is 6.53. The Balaban J connectivity index is 0.000000817. The largest absolute Gasteiger partial charge is 0.481 e. The van der Waals surface area contributed by atoms with Gasteiger partial charge < -0.3 is 25.7 Å². The number of aliphatic carboxylic acids is 1. The molecule has 0 amide bonds. The van der Waals surface area contributed by atoms with E-state index in [-0.39, 0.29) is 18.6 Å². The quantitative estimate of drug-likeness (QED) is 0.518. The average Bonchev–Trinajstić information content (AvgIpc) is 2.62. The van der Waals surface area contributed by atoms with E-state index >= 15 is 0 Å². The van der Waals surface area contributed by atoms with Crippen molar-refractivity contribution in [1.82, 2.24) is 0 Å². The predicted molar refractivity (Wildman–Crippen MR) is 97.1 cm³/mol. The number of carbonyl (C=O) groups is 4. The van der Waals surface area contributed by atoms with Crippen molar-refractivity contribution >= 4 is 29.7 Å². The summed E-state index contributed by atoms with van der Waals surface area (Å²) in [6.45, 7) is 1.44. The molecule has 1 aromatic carbocycles. The number of ether oxygens (including phenoxy) is 1. The van der Waals surface area contributed by atoms with Crippen LogP contribution >= 0.6 is 0 Å². The van der Waals surface area contributed by atoms with Crippen LogP contribution in [0.15, 0.2) is 24.3 Å². The minimum atomic E-state index is -1.03. The van der Waals surface area contributed by atoms with Gasteiger partial charge in [-0.3, -0.25) is 14.4 Å². The summed E-state index contributed by atoms with van der Waals surface area (Å²) in [5, 5.41) is 11.8. The van der Waals surface area contributed by atoms with Crippen LogP contribution in [0.25, 0.3) is 0 Å². The minimum Gasteiger partial charge on any atom is -0.481 e. The maximum absolute atomic E-state index is 12.8. The lowest BCUT2D eigenvalue weighted by Crippen LogP contribution is -2.58. The molecule has 0 aromatic heterocycles. The van der Waals surface area contributed by atoms with Crippen LogP contribution in [0.4, 0.5) is 5.69 Å². The SMILES string of the molecule is CC=O.N[C@@H](CCC(=O)O)C(=O)O[C@@H]1CCC[C@]2(Nc3ccccc32)C1=O. The highest BCUT2D eigenvalue weighted by molar-refractivity contribution is 6.02. The molecule has 0 saturated heterocycles. The first-order valence-electron chi connectivity index (χ1n) is 8.85. The van der Waals surface area contributed by atoms with Gasteiger partial charge in [0.2, 0.25) is 5.78 Å². The number of anilines is 1. The third kappa shape index (κ3) is 4.33. The molecule has 27 heavy (non-hydrogen) atoms. The van der Waals surface area contributed by atoms with E-state index in [0.29, 0.717) is 12.8 Å². The van der Waals surface area contributed by atoms with Crippen LogP contribution in [-0.4, -0.2) is 41.3 Å². The second kappa shape index (κ2) is 8.77. The number of nitrogens with one attached hydrogen (secondary N) is 1. The molecule has 146 valence electrons. The Bertz CT molecular complexity index is 735. The molecule has 1 aliphatic heterocycles. The molecule has 1 fully saturated rings. The van der Waals surface area contributed by atoms with Crippen LogP contribution in [0.5, 0.6) is 0 Å².